The van der Waals surface area contributed by atoms with Crippen molar-refractivity contribution in [1.29, 1.82) is 0 Å². The first kappa shape index (κ1) is 12.0. The highest BCUT2D eigenvalue weighted by atomic mass is 79.9. The van der Waals surface area contributed by atoms with Gasteiger partial charge in [0.05, 0.1) is 4.47 Å². The van der Waals surface area contributed by atoms with Crippen LogP contribution in [0.1, 0.15) is 12.0 Å². The maximum atomic E-state index is 12.3. The monoisotopic (exact) mass is 299 g/mol. The zero-order valence-electron chi connectivity index (χ0n) is 8.61. The van der Waals surface area contributed by atoms with Crippen molar-refractivity contribution >= 4 is 15.9 Å². The van der Waals surface area contributed by atoms with Crippen LogP contribution in [0.2, 0.25) is 0 Å². The number of benzene rings is 1. The molecule has 0 saturated heterocycles. The average Bonchev–Trinajstić information content (AvgIpc) is 2.33. The molecular weight excluding hydrogens is 292 g/mol. The number of hydrogen-bond donors (Lipinski definition) is 0. The molecule has 17 heavy (non-hydrogen) atoms. The summed E-state index contributed by atoms with van der Waals surface area (Å²) in [6.45, 7) is 0. The molecule has 0 aliphatic carbocycles. The third-order valence-corrected chi connectivity index (χ3v) is 2.67. The molecule has 0 fully saturated rings. The zero-order valence-corrected chi connectivity index (χ0v) is 10.2. The molecule has 88 valence electrons. The SMILES string of the molecule is FC(F)c1ccc(Oc2ncccc2Br)cc1. The fraction of sp³-hybridized carbons (Fsp3) is 0.0833. The lowest BCUT2D eigenvalue weighted by molar-refractivity contribution is 0.151. The van der Waals surface area contributed by atoms with Crippen LogP contribution in [0.25, 0.3) is 0 Å². The smallest absolute Gasteiger partial charge is 0.263 e. The van der Waals surface area contributed by atoms with E-state index in [4.69, 9.17) is 4.74 Å². The first-order valence-corrected chi connectivity index (χ1v) is 5.62. The van der Waals surface area contributed by atoms with Crippen LogP contribution >= 0.6 is 15.9 Å². The Morgan fingerprint density at radius 3 is 2.41 bits per heavy atom. The largest absolute Gasteiger partial charge is 0.438 e. The molecule has 0 amide bonds. The van der Waals surface area contributed by atoms with Gasteiger partial charge in [-0.05, 0) is 52.3 Å². The van der Waals surface area contributed by atoms with Crippen LogP contribution in [-0.4, -0.2) is 4.98 Å². The number of pyridine rings is 1. The quantitative estimate of drug-likeness (QED) is 0.828. The van der Waals surface area contributed by atoms with Gasteiger partial charge in [-0.3, -0.25) is 0 Å². The molecule has 1 aromatic carbocycles. The van der Waals surface area contributed by atoms with Crippen LogP contribution in [-0.2, 0) is 0 Å². The number of aromatic nitrogens is 1. The van der Waals surface area contributed by atoms with Crippen molar-refractivity contribution in [2.45, 2.75) is 6.43 Å². The summed E-state index contributed by atoms with van der Waals surface area (Å²) in [5, 5.41) is 0. The molecule has 1 aromatic heterocycles. The minimum atomic E-state index is -2.47. The fourth-order valence-electron chi connectivity index (χ4n) is 1.24. The Morgan fingerprint density at radius 1 is 1.12 bits per heavy atom. The Balaban J connectivity index is 2.17. The van der Waals surface area contributed by atoms with Crippen molar-refractivity contribution in [2.24, 2.45) is 0 Å². The van der Waals surface area contributed by atoms with Crippen molar-refractivity contribution in [3.8, 4) is 11.6 Å². The molecule has 0 aliphatic heterocycles. The van der Waals surface area contributed by atoms with E-state index in [-0.39, 0.29) is 5.56 Å². The summed E-state index contributed by atoms with van der Waals surface area (Å²) in [5.41, 5.74) is -0.0302. The summed E-state index contributed by atoms with van der Waals surface area (Å²) in [6.07, 6.45) is -0.876. The lowest BCUT2D eigenvalue weighted by Gasteiger charge is -2.06. The van der Waals surface area contributed by atoms with Gasteiger partial charge in [0.1, 0.15) is 5.75 Å². The first-order valence-electron chi connectivity index (χ1n) is 4.83. The van der Waals surface area contributed by atoms with Crippen molar-refractivity contribution < 1.29 is 13.5 Å². The molecule has 2 nitrogen and oxygen atoms in total. The minimum absolute atomic E-state index is 0.0302. The summed E-state index contributed by atoms with van der Waals surface area (Å²) < 4.78 is 30.8. The van der Waals surface area contributed by atoms with Crippen molar-refractivity contribution in [1.82, 2.24) is 4.98 Å². The second-order valence-corrected chi connectivity index (χ2v) is 4.12. The summed E-state index contributed by atoms with van der Waals surface area (Å²) in [4.78, 5) is 4.01. The van der Waals surface area contributed by atoms with E-state index >= 15 is 0 Å². The Bertz CT molecular complexity index is 502. The topological polar surface area (TPSA) is 22.1 Å². The number of rotatable bonds is 3. The van der Waals surface area contributed by atoms with E-state index in [0.717, 1.165) is 0 Å². The van der Waals surface area contributed by atoms with Crippen LogP contribution in [0.15, 0.2) is 47.1 Å². The number of ether oxygens (including phenoxy) is 1. The molecular formula is C12H8BrF2NO. The van der Waals surface area contributed by atoms with E-state index in [1.165, 1.54) is 24.3 Å². The molecule has 2 rings (SSSR count). The van der Waals surface area contributed by atoms with Gasteiger partial charge in [0, 0.05) is 11.8 Å². The van der Waals surface area contributed by atoms with Crippen LogP contribution < -0.4 is 4.74 Å². The number of halogens is 3. The molecule has 5 heteroatoms. The molecule has 0 spiro atoms. The molecule has 0 saturated carbocycles. The molecule has 0 unspecified atom stereocenters. The van der Waals surface area contributed by atoms with Gasteiger partial charge in [0.25, 0.3) is 6.43 Å². The van der Waals surface area contributed by atoms with E-state index in [2.05, 4.69) is 20.9 Å². The maximum Gasteiger partial charge on any atom is 0.263 e. The van der Waals surface area contributed by atoms with Crippen LogP contribution in [0.5, 0.6) is 11.6 Å². The van der Waals surface area contributed by atoms with Crippen molar-refractivity contribution in [3.05, 3.63) is 52.6 Å². The predicted octanol–water partition coefficient (Wildman–Crippen LogP) is 4.57. The minimum Gasteiger partial charge on any atom is -0.438 e. The molecule has 2 aromatic rings. The highest BCUT2D eigenvalue weighted by Gasteiger charge is 2.07. The second kappa shape index (κ2) is 5.23. The standard InChI is InChI=1S/C12H8BrF2NO/c13-10-2-1-7-16-12(10)17-9-5-3-8(4-6-9)11(14)15/h1-7,11H. The molecule has 1 heterocycles. The van der Waals surface area contributed by atoms with Crippen LogP contribution in [0.3, 0.4) is 0 Å². The predicted molar refractivity (Wildman–Crippen MR) is 63.4 cm³/mol. The summed E-state index contributed by atoms with van der Waals surface area (Å²) in [7, 11) is 0. The molecule has 0 atom stereocenters. The van der Waals surface area contributed by atoms with Gasteiger partial charge < -0.3 is 4.74 Å². The van der Waals surface area contributed by atoms with E-state index in [9.17, 15) is 8.78 Å². The van der Waals surface area contributed by atoms with Gasteiger partial charge in [0.2, 0.25) is 5.88 Å². The number of nitrogens with zero attached hydrogens (tertiary/aromatic N) is 1. The van der Waals surface area contributed by atoms with Gasteiger partial charge in [-0.1, -0.05) is 0 Å². The maximum absolute atomic E-state index is 12.3. The normalized spacial score (nSPS) is 10.6. The molecule has 0 radical (unpaired) electrons. The van der Waals surface area contributed by atoms with Gasteiger partial charge in [-0.25, -0.2) is 13.8 Å². The van der Waals surface area contributed by atoms with E-state index in [1.54, 1.807) is 18.3 Å². The van der Waals surface area contributed by atoms with Gasteiger partial charge in [-0.2, -0.15) is 0 Å². The Hall–Kier alpha value is -1.49. The molecule has 0 N–H and O–H groups in total. The summed E-state index contributed by atoms with van der Waals surface area (Å²) in [6, 6.07) is 9.19. The Morgan fingerprint density at radius 2 is 1.82 bits per heavy atom. The average molecular weight is 300 g/mol. The highest BCUT2D eigenvalue weighted by Crippen LogP contribution is 2.28. The third kappa shape index (κ3) is 3.00. The summed E-state index contributed by atoms with van der Waals surface area (Å²) >= 11 is 3.28. The van der Waals surface area contributed by atoms with Crippen LogP contribution in [0.4, 0.5) is 8.78 Å². The fourth-order valence-corrected chi connectivity index (χ4v) is 1.58. The second-order valence-electron chi connectivity index (χ2n) is 3.26. The third-order valence-electron chi connectivity index (χ3n) is 2.07. The summed E-state index contributed by atoms with van der Waals surface area (Å²) in [5.74, 6) is 0.867. The lowest BCUT2D eigenvalue weighted by Crippen LogP contribution is -1.89. The van der Waals surface area contributed by atoms with Gasteiger partial charge >= 0.3 is 0 Å². The number of hydrogen-bond acceptors (Lipinski definition) is 2. The van der Waals surface area contributed by atoms with E-state index in [1.807, 2.05) is 0 Å². The molecule has 0 aliphatic rings. The lowest BCUT2D eigenvalue weighted by atomic mass is 10.2. The zero-order chi connectivity index (χ0) is 12.3. The Kier molecular flexibility index (Phi) is 3.68. The molecule has 0 bridgehead atoms. The van der Waals surface area contributed by atoms with Crippen LogP contribution in [0, 0.1) is 0 Å². The van der Waals surface area contributed by atoms with Gasteiger partial charge in [0.15, 0.2) is 0 Å². The van der Waals surface area contributed by atoms with Gasteiger partial charge in [-0.15, -0.1) is 0 Å². The van der Waals surface area contributed by atoms with E-state index in [0.29, 0.717) is 16.1 Å². The van der Waals surface area contributed by atoms with E-state index < -0.39 is 6.43 Å². The highest BCUT2D eigenvalue weighted by molar-refractivity contribution is 9.10. The van der Waals surface area contributed by atoms with Crippen molar-refractivity contribution in [3.63, 3.8) is 0 Å². The number of alkyl halides is 2. The first-order chi connectivity index (χ1) is 8.16. The van der Waals surface area contributed by atoms with Crippen molar-refractivity contribution in [2.75, 3.05) is 0 Å². The Labute approximate surface area is 105 Å².